The third-order valence-corrected chi connectivity index (χ3v) is 6.74. The number of likely N-dealkylation sites (tertiary alicyclic amines) is 1. The molecule has 1 aromatic heterocycles. The molecule has 0 bridgehead atoms. The Morgan fingerprint density at radius 3 is 2.68 bits per heavy atom. The van der Waals surface area contributed by atoms with Crippen LogP contribution in [0.5, 0.6) is 0 Å². The predicted molar refractivity (Wildman–Crippen MR) is 119 cm³/mol. The number of halogens is 2. The van der Waals surface area contributed by atoms with Crippen molar-refractivity contribution in [1.82, 2.24) is 14.8 Å². The van der Waals surface area contributed by atoms with Gasteiger partial charge in [0.15, 0.2) is 0 Å². The number of aliphatic hydroxyl groups is 1. The minimum atomic E-state index is -0.519. The summed E-state index contributed by atoms with van der Waals surface area (Å²) in [5.74, 6) is -0.580. The van der Waals surface area contributed by atoms with Gasteiger partial charge in [0.1, 0.15) is 6.61 Å². The van der Waals surface area contributed by atoms with Gasteiger partial charge in [-0.15, -0.1) is 0 Å². The van der Waals surface area contributed by atoms with Crippen molar-refractivity contribution >= 4 is 40.7 Å². The highest BCUT2D eigenvalue weighted by Gasteiger charge is 2.36. The number of amides is 2. The summed E-state index contributed by atoms with van der Waals surface area (Å²) in [7, 11) is 1.73. The number of hydrogen-bond donors (Lipinski definition) is 2. The number of anilines is 1. The van der Waals surface area contributed by atoms with Crippen LogP contribution in [0.4, 0.5) is 5.69 Å². The number of nitrogens with zero attached hydrogens (tertiary/aromatic N) is 3. The molecule has 4 rings (SSSR count). The summed E-state index contributed by atoms with van der Waals surface area (Å²) in [6, 6.07) is 7.96. The molecule has 1 aliphatic carbocycles. The molecule has 1 aromatic carbocycles. The average molecular weight is 463 g/mol. The van der Waals surface area contributed by atoms with Gasteiger partial charge in [0.2, 0.25) is 11.8 Å². The first-order valence-corrected chi connectivity index (χ1v) is 10.9. The molecule has 0 radical (unpaired) electrons. The van der Waals surface area contributed by atoms with E-state index in [1.807, 2.05) is 24.3 Å². The van der Waals surface area contributed by atoms with Crippen molar-refractivity contribution < 1.29 is 14.7 Å². The highest BCUT2D eigenvalue weighted by molar-refractivity contribution is 6.42. The lowest BCUT2D eigenvalue weighted by Crippen LogP contribution is -2.56. The average Bonchev–Trinajstić information content (AvgIpc) is 3.14. The lowest BCUT2D eigenvalue weighted by molar-refractivity contribution is -0.149. The van der Waals surface area contributed by atoms with Gasteiger partial charge in [-0.05, 0) is 42.2 Å². The van der Waals surface area contributed by atoms with E-state index in [2.05, 4.69) is 10.3 Å². The van der Waals surface area contributed by atoms with Crippen LogP contribution in [0.15, 0.2) is 30.5 Å². The first-order valence-electron chi connectivity index (χ1n) is 10.2. The van der Waals surface area contributed by atoms with Gasteiger partial charge in [-0.1, -0.05) is 29.3 Å². The molecule has 1 aliphatic heterocycles. The van der Waals surface area contributed by atoms with Crippen LogP contribution in [0.25, 0.3) is 0 Å². The fourth-order valence-corrected chi connectivity index (χ4v) is 4.58. The van der Waals surface area contributed by atoms with E-state index in [-0.39, 0.29) is 23.8 Å². The first kappa shape index (κ1) is 21.9. The Labute approximate surface area is 191 Å². The number of carbonyl (C=O) groups excluding carboxylic acids is 2. The number of pyridine rings is 1. The zero-order valence-corrected chi connectivity index (χ0v) is 18.7. The minimum Gasteiger partial charge on any atom is -0.387 e. The standard InChI is InChI=1S/C22H24Cl2N4O3/c1-27(22(31)14-9-28(10-14)20(30)12-29)11-16-4-3-15(8-25-16)26-17-6-13-2-5-19(23)21(24)18(13)7-17/h2-5,8,14,17,26,29H,6-7,9-12H2,1H3. The predicted octanol–water partition coefficient (Wildman–Crippen LogP) is 2.38. The normalized spacial score (nSPS) is 17.8. The van der Waals surface area contributed by atoms with Gasteiger partial charge in [0, 0.05) is 26.2 Å². The van der Waals surface area contributed by atoms with Crippen molar-refractivity contribution in [3.63, 3.8) is 0 Å². The lowest BCUT2D eigenvalue weighted by atomic mass is 9.98. The maximum absolute atomic E-state index is 12.5. The molecular weight excluding hydrogens is 439 g/mol. The zero-order valence-electron chi connectivity index (χ0n) is 17.1. The van der Waals surface area contributed by atoms with Crippen molar-refractivity contribution in [2.24, 2.45) is 5.92 Å². The largest absolute Gasteiger partial charge is 0.387 e. The summed E-state index contributed by atoms with van der Waals surface area (Å²) in [6.45, 7) is 0.594. The molecule has 31 heavy (non-hydrogen) atoms. The van der Waals surface area contributed by atoms with E-state index in [9.17, 15) is 9.59 Å². The van der Waals surface area contributed by atoms with Gasteiger partial charge in [-0.2, -0.15) is 0 Å². The Hall–Kier alpha value is -2.35. The van der Waals surface area contributed by atoms with E-state index < -0.39 is 6.61 Å². The Bertz CT molecular complexity index is 993. The van der Waals surface area contributed by atoms with Crippen molar-refractivity contribution in [3.05, 3.63) is 57.3 Å². The quantitative estimate of drug-likeness (QED) is 0.687. The highest BCUT2D eigenvalue weighted by Crippen LogP contribution is 2.35. The third-order valence-electron chi connectivity index (χ3n) is 5.90. The molecule has 1 unspecified atom stereocenters. The van der Waals surface area contributed by atoms with Crippen LogP contribution in [-0.2, 0) is 29.0 Å². The second kappa shape index (κ2) is 9.02. The molecule has 2 amide bonds. The van der Waals surface area contributed by atoms with Gasteiger partial charge < -0.3 is 20.2 Å². The number of aromatic nitrogens is 1. The second-order valence-corrected chi connectivity index (χ2v) is 8.92. The molecule has 2 aliphatic rings. The van der Waals surface area contributed by atoms with Gasteiger partial charge in [0.05, 0.1) is 40.1 Å². The summed E-state index contributed by atoms with van der Waals surface area (Å²) in [5, 5.41) is 13.6. The zero-order chi connectivity index (χ0) is 22.1. The lowest BCUT2D eigenvalue weighted by Gasteiger charge is -2.39. The Kier molecular flexibility index (Phi) is 6.36. The van der Waals surface area contributed by atoms with Gasteiger partial charge in [0.25, 0.3) is 0 Å². The molecule has 2 heterocycles. The monoisotopic (exact) mass is 462 g/mol. The Balaban J connectivity index is 1.28. The third kappa shape index (κ3) is 4.63. The summed E-state index contributed by atoms with van der Waals surface area (Å²) >= 11 is 12.5. The highest BCUT2D eigenvalue weighted by atomic mass is 35.5. The van der Waals surface area contributed by atoms with Crippen LogP contribution in [0.1, 0.15) is 16.8 Å². The van der Waals surface area contributed by atoms with Crippen LogP contribution in [0.2, 0.25) is 10.0 Å². The van der Waals surface area contributed by atoms with Crippen molar-refractivity contribution in [2.75, 3.05) is 32.1 Å². The first-order chi connectivity index (χ1) is 14.9. The Morgan fingerprint density at radius 1 is 1.23 bits per heavy atom. The van der Waals surface area contributed by atoms with E-state index >= 15 is 0 Å². The molecule has 9 heteroatoms. The molecule has 1 fully saturated rings. The van der Waals surface area contributed by atoms with Gasteiger partial charge >= 0.3 is 0 Å². The van der Waals surface area contributed by atoms with Crippen molar-refractivity contribution in [2.45, 2.75) is 25.4 Å². The van der Waals surface area contributed by atoms with Crippen molar-refractivity contribution in [3.8, 4) is 0 Å². The molecule has 0 saturated carbocycles. The van der Waals surface area contributed by atoms with E-state index in [0.29, 0.717) is 29.7 Å². The molecule has 164 valence electrons. The number of carbonyl (C=O) groups is 2. The van der Waals surface area contributed by atoms with Crippen LogP contribution in [0, 0.1) is 5.92 Å². The van der Waals surface area contributed by atoms with E-state index in [4.69, 9.17) is 28.3 Å². The molecule has 1 saturated heterocycles. The van der Waals surface area contributed by atoms with E-state index in [1.54, 1.807) is 18.1 Å². The number of rotatable bonds is 6. The van der Waals surface area contributed by atoms with Crippen molar-refractivity contribution in [1.29, 1.82) is 0 Å². The molecule has 2 aromatic rings. The number of hydrogen-bond acceptors (Lipinski definition) is 5. The molecule has 2 N–H and O–H groups in total. The summed E-state index contributed by atoms with van der Waals surface area (Å²) in [4.78, 5) is 31.5. The SMILES string of the molecule is CN(Cc1ccc(NC2Cc3ccc(Cl)c(Cl)c3C2)cn1)C(=O)C1CN(C(=O)CO)C1. The van der Waals surface area contributed by atoms with E-state index in [1.165, 1.54) is 10.5 Å². The van der Waals surface area contributed by atoms with Crippen LogP contribution < -0.4 is 5.32 Å². The molecular formula is C22H24Cl2N4O3. The van der Waals surface area contributed by atoms with E-state index in [0.717, 1.165) is 29.8 Å². The topological polar surface area (TPSA) is 85.8 Å². The summed E-state index contributed by atoms with van der Waals surface area (Å²) < 4.78 is 0. The van der Waals surface area contributed by atoms with Gasteiger partial charge in [-0.25, -0.2) is 0 Å². The minimum absolute atomic E-state index is 0.0229. The van der Waals surface area contributed by atoms with Crippen LogP contribution in [-0.4, -0.2) is 64.5 Å². The molecule has 0 spiro atoms. The van der Waals surface area contributed by atoms with Gasteiger partial charge in [-0.3, -0.25) is 14.6 Å². The molecule has 7 nitrogen and oxygen atoms in total. The fraction of sp³-hybridized carbons (Fsp3) is 0.409. The molecule has 1 atom stereocenters. The number of fused-ring (bicyclic) bond motifs is 1. The second-order valence-electron chi connectivity index (χ2n) is 8.13. The summed E-state index contributed by atoms with van der Waals surface area (Å²) in [5.41, 5.74) is 4.02. The summed E-state index contributed by atoms with van der Waals surface area (Å²) in [6.07, 6.45) is 3.46. The number of benzene rings is 1. The fourth-order valence-electron chi connectivity index (χ4n) is 4.14. The smallest absolute Gasteiger partial charge is 0.248 e. The van der Waals surface area contributed by atoms with Crippen LogP contribution in [0.3, 0.4) is 0 Å². The number of nitrogens with one attached hydrogen (secondary N) is 1. The Morgan fingerprint density at radius 2 is 2.00 bits per heavy atom. The maximum Gasteiger partial charge on any atom is 0.248 e. The maximum atomic E-state index is 12.5. The van der Waals surface area contributed by atoms with Crippen LogP contribution >= 0.6 is 23.2 Å². The number of aliphatic hydroxyl groups excluding tert-OH is 1.